The van der Waals surface area contributed by atoms with Crippen LogP contribution in [0.5, 0.6) is 11.6 Å². The Labute approximate surface area is 121 Å². The highest BCUT2D eigenvalue weighted by atomic mass is 16.6. The van der Waals surface area contributed by atoms with Crippen LogP contribution in [-0.2, 0) is 13.2 Å². The molecule has 1 aromatic carbocycles. The van der Waals surface area contributed by atoms with Gasteiger partial charge in [-0.25, -0.2) is 4.68 Å². The molecule has 7 heteroatoms. The summed E-state index contributed by atoms with van der Waals surface area (Å²) in [5, 5.41) is 24.7. The summed E-state index contributed by atoms with van der Waals surface area (Å²) in [6, 6.07) is 6.87. The van der Waals surface area contributed by atoms with Crippen molar-refractivity contribution in [2.45, 2.75) is 33.4 Å². The highest BCUT2D eigenvalue weighted by Gasteiger charge is 2.27. The topological polar surface area (TPSA) is 90.4 Å². The van der Waals surface area contributed by atoms with Gasteiger partial charge in [-0.15, -0.1) is 0 Å². The van der Waals surface area contributed by atoms with E-state index in [1.54, 1.807) is 31.2 Å². The standard InChI is InChI=1S/C14H17N3O4/c1-3-8-16-14(13(17(19)20)10(2)15-16)21-12-7-5-4-6-11(12)9-18/h4-7,18H,3,8-9H2,1-2H3. The Bertz CT molecular complexity index is 652. The van der Waals surface area contributed by atoms with Crippen molar-refractivity contribution in [2.75, 3.05) is 0 Å². The number of para-hydroxylation sites is 1. The quantitative estimate of drug-likeness (QED) is 0.652. The van der Waals surface area contributed by atoms with Gasteiger partial charge in [0.2, 0.25) is 0 Å². The highest BCUT2D eigenvalue weighted by Crippen LogP contribution is 2.35. The van der Waals surface area contributed by atoms with Gasteiger partial charge in [0, 0.05) is 12.1 Å². The van der Waals surface area contributed by atoms with Gasteiger partial charge in [-0.3, -0.25) is 10.1 Å². The van der Waals surface area contributed by atoms with Crippen molar-refractivity contribution < 1.29 is 14.8 Å². The third-order valence-electron chi connectivity index (χ3n) is 3.02. The van der Waals surface area contributed by atoms with Crippen molar-refractivity contribution in [3.63, 3.8) is 0 Å². The molecule has 0 bridgehead atoms. The van der Waals surface area contributed by atoms with Crippen molar-refractivity contribution in [1.82, 2.24) is 9.78 Å². The molecule has 0 fully saturated rings. The summed E-state index contributed by atoms with van der Waals surface area (Å²) in [7, 11) is 0. The van der Waals surface area contributed by atoms with E-state index in [1.807, 2.05) is 6.92 Å². The molecule has 0 aliphatic heterocycles. The second kappa shape index (κ2) is 6.36. The van der Waals surface area contributed by atoms with Crippen LogP contribution < -0.4 is 4.74 Å². The van der Waals surface area contributed by atoms with Crippen LogP contribution >= 0.6 is 0 Å². The van der Waals surface area contributed by atoms with Crippen LogP contribution in [0.1, 0.15) is 24.6 Å². The molecule has 0 aliphatic carbocycles. The van der Waals surface area contributed by atoms with Crippen molar-refractivity contribution in [3.8, 4) is 11.6 Å². The predicted octanol–water partition coefficient (Wildman–Crippen LogP) is 2.79. The van der Waals surface area contributed by atoms with E-state index in [0.29, 0.717) is 23.6 Å². The molecule has 1 N–H and O–H groups in total. The Morgan fingerprint density at radius 2 is 2.14 bits per heavy atom. The molecule has 0 radical (unpaired) electrons. The number of hydrogen-bond acceptors (Lipinski definition) is 5. The van der Waals surface area contributed by atoms with E-state index >= 15 is 0 Å². The van der Waals surface area contributed by atoms with Crippen LogP contribution in [0, 0.1) is 17.0 Å². The van der Waals surface area contributed by atoms with Crippen molar-refractivity contribution in [1.29, 1.82) is 0 Å². The second-order valence-electron chi connectivity index (χ2n) is 4.59. The summed E-state index contributed by atoms with van der Waals surface area (Å²) in [5.41, 5.74) is 0.731. The van der Waals surface area contributed by atoms with E-state index in [4.69, 9.17) is 4.74 Å². The lowest BCUT2D eigenvalue weighted by Crippen LogP contribution is -2.03. The fourth-order valence-electron chi connectivity index (χ4n) is 2.06. The van der Waals surface area contributed by atoms with Crippen LogP contribution in [0.15, 0.2) is 24.3 Å². The number of hydrogen-bond donors (Lipinski definition) is 1. The average Bonchev–Trinajstić information content (AvgIpc) is 2.76. The number of aryl methyl sites for hydroxylation is 2. The summed E-state index contributed by atoms with van der Waals surface area (Å²) >= 11 is 0. The number of ether oxygens (including phenoxy) is 1. The molecular weight excluding hydrogens is 274 g/mol. The summed E-state index contributed by atoms with van der Waals surface area (Å²) in [6.45, 7) is 3.85. The Morgan fingerprint density at radius 3 is 2.76 bits per heavy atom. The monoisotopic (exact) mass is 291 g/mol. The first-order valence-corrected chi connectivity index (χ1v) is 6.66. The molecule has 2 aromatic rings. The molecule has 0 spiro atoms. The summed E-state index contributed by atoms with van der Waals surface area (Å²) in [5.74, 6) is 0.487. The van der Waals surface area contributed by atoms with Gasteiger partial charge in [0.1, 0.15) is 11.4 Å². The van der Waals surface area contributed by atoms with Gasteiger partial charge in [0.15, 0.2) is 0 Å². The second-order valence-corrected chi connectivity index (χ2v) is 4.59. The maximum absolute atomic E-state index is 11.2. The summed E-state index contributed by atoms with van der Waals surface area (Å²) < 4.78 is 7.18. The Hall–Kier alpha value is -2.41. The molecule has 1 aromatic heterocycles. The summed E-state index contributed by atoms with van der Waals surface area (Å²) in [6.07, 6.45) is 0.774. The van der Waals surface area contributed by atoms with Crippen LogP contribution in [0.2, 0.25) is 0 Å². The molecule has 0 atom stereocenters. The third-order valence-corrected chi connectivity index (χ3v) is 3.02. The van der Waals surface area contributed by atoms with Crippen LogP contribution in [0.3, 0.4) is 0 Å². The zero-order chi connectivity index (χ0) is 15.4. The number of aliphatic hydroxyl groups excluding tert-OH is 1. The highest BCUT2D eigenvalue weighted by molar-refractivity contribution is 5.48. The number of aromatic nitrogens is 2. The first kappa shape index (κ1) is 15.0. The maximum atomic E-state index is 11.2. The van der Waals surface area contributed by atoms with E-state index in [1.165, 1.54) is 4.68 Å². The molecular formula is C14H17N3O4. The number of nitro groups is 1. The van der Waals surface area contributed by atoms with Crippen molar-refractivity contribution in [2.24, 2.45) is 0 Å². The minimum Gasteiger partial charge on any atom is -0.433 e. The Balaban J connectivity index is 2.49. The summed E-state index contributed by atoms with van der Waals surface area (Å²) in [4.78, 5) is 10.7. The van der Waals surface area contributed by atoms with E-state index in [-0.39, 0.29) is 18.2 Å². The van der Waals surface area contributed by atoms with Gasteiger partial charge < -0.3 is 9.84 Å². The minimum atomic E-state index is -0.495. The molecule has 0 unspecified atom stereocenters. The lowest BCUT2D eigenvalue weighted by atomic mass is 10.2. The smallest absolute Gasteiger partial charge is 0.353 e. The lowest BCUT2D eigenvalue weighted by Gasteiger charge is -2.10. The largest absolute Gasteiger partial charge is 0.433 e. The first-order chi connectivity index (χ1) is 10.1. The van der Waals surface area contributed by atoms with Gasteiger partial charge in [0.25, 0.3) is 5.88 Å². The van der Waals surface area contributed by atoms with Gasteiger partial charge in [-0.2, -0.15) is 5.10 Å². The zero-order valence-electron chi connectivity index (χ0n) is 11.9. The van der Waals surface area contributed by atoms with Gasteiger partial charge in [0.05, 0.1) is 11.5 Å². The zero-order valence-corrected chi connectivity index (χ0v) is 11.9. The third kappa shape index (κ3) is 3.03. The van der Waals surface area contributed by atoms with Gasteiger partial charge in [-0.1, -0.05) is 25.1 Å². The van der Waals surface area contributed by atoms with Crippen molar-refractivity contribution >= 4 is 5.69 Å². The molecule has 0 amide bonds. The van der Waals surface area contributed by atoms with Gasteiger partial charge in [-0.05, 0) is 19.4 Å². The Kier molecular flexibility index (Phi) is 4.54. The van der Waals surface area contributed by atoms with E-state index in [0.717, 1.165) is 6.42 Å². The normalized spacial score (nSPS) is 10.6. The first-order valence-electron chi connectivity index (χ1n) is 6.66. The number of aliphatic hydroxyl groups is 1. The van der Waals surface area contributed by atoms with Crippen LogP contribution in [0.4, 0.5) is 5.69 Å². The SMILES string of the molecule is CCCn1nc(C)c([N+](=O)[O-])c1Oc1ccccc1CO. The van der Waals surface area contributed by atoms with Crippen molar-refractivity contribution in [3.05, 3.63) is 45.6 Å². The molecule has 7 nitrogen and oxygen atoms in total. The predicted molar refractivity (Wildman–Crippen MR) is 76.3 cm³/mol. The fourth-order valence-corrected chi connectivity index (χ4v) is 2.06. The molecule has 0 saturated heterocycles. The average molecular weight is 291 g/mol. The Morgan fingerprint density at radius 1 is 1.43 bits per heavy atom. The van der Waals surface area contributed by atoms with E-state index in [2.05, 4.69) is 5.10 Å². The molecule has 112 valence electrons. The lowest BCUT2D eigenvalue weighted by molar-refractivity contribution is -0.386. The number of rotatable bonds is 6. The fraction of sp³-hybridized carbons (Fsp3) is 0.357. The molecule has 2 rings (SSSR count). The minimum absolute atomic E-state index is 0.0975. The number of nitrogens with zero attached hydrogens (tertiary/aromatic N) is 3. The molecule has 0 saturated carbocycles. The van der Waals surface area contributed by atoms with Crippen LogP contribution in [0.25, 0.3) is 0 Å². The van der Waals surface area contributed by atoms with E-state index in [9.17, 15) is 15.2 Å². The molecule has 1 heterocycles. The molecule has 21 heavy (non-hydrogen) atoms. The van der Waals surface area contributed by atoms with Crippen LogP contribution in [-0.4, -0.2) is 19.8 Å². The van der Waals surface area contributed by atoms with Gasteiger partial charge >= 0.3 is 5.69 Å². The number of benzene rings is 1. The molecule has 0 aliphatic rings. The van der Waals surface area contributed by atoms with E-state index < -0.39 is 4.92 Å². The maximum Gasteiger partial charge on any atom is 0.353 e.